The predicted molar refractivity (Wildman–Crippen MR) is 123 cm³/mol. The molecule has 0 saturated heterocycles. The van der Waals surface area contributed by atoms with Gasteiger partial charge in [-0.15, -0.1) is 0 Å². The fraction of sp³-hybridized carbons (Fsp3) is 0.0455. The summed E-state index contributed by atoms with van der Waals surface area (Å²) < 4.78 is 33.7. The number of hydrogen-bond acceptors (Lipinski definition) is 7. The molecule has 8 nitrogen and oxygen atoms in total. The van der Waals surface area contributed by atoms with Gasteiger partial charge in [0.05, 0.1) is 33.7 Å². The van der Waals surface area contributed by atoms with Gasteiger partial charge in [-0.05, 0) is 36.4 Å². The number of halogens is 1. The molecule has 0 radical (unpaired) electrons. The lowest BCUT2D eigenvalue weighted by molar-refractivity contribution is 0.112. The van der Waals surface area contributed by atoms with Gasteiger partial charge in [-0.3, -0.25) is 9.52 Å². The third-order valence-corrected chi connectivity index (χ3v) is 6.20. The molecule has 10 heteroatoms. The molecule has 0 bridgehead atoms. The highest BCUT2D eigenvalue weighted by molar-refractivity contribution is 7.92. The fourth-order valence-electron chi connectivity index (χ4n) is 2.95. The lowest BCUT2D eigenvalue weighted by Gasteiger charge is -2.15. The maximum absolute atomic E-state index is 13.0. The molecule has 0 amide bonds. The van der Waals surface area contributed by atoms with Gasteiger partial charge in [0.2, 0.25) is 0 Å². The highest BCUT2D eigenvalue weighted by Gasteiger charge is 2.20. The van der Waals surface area contributed by atoms with E-state index in [-0.39, 0.29) is 22.1 Å². The number of aldehydes is 1. The first-order valence-corrected chi connectivity index (χ1v) is 11.2. The van der Waals surface area contributed by atoms with Crippen LogP contribution in [-0.2, 0) is 10.0 Å². The van der Waals surface area contributed by atoms with Crippen LogP contribution in [0.1, 0.15) is 10.4 Å². The number of aromatic nitrogens is 2. The van der Waals surface area contributed by atoms with Crippen molar-refractivity contribution < 1.29 is 17.9 Å². The fourth-order valence-corrected chi connectivity index (χ4v) is 4.18. The third kappa shape index (κ3) is 4.48. The summed E-state index contributed by atoms with van der Waals surface area (Å²) in [6.07, 6.45) is 0.576. The predicted octanol–water partition coefficient (Wildman–Crippen LogP) is 4.65. The van der Waals surface area contributed by atoms with Crippen molar-refractivity contribution in [2.75, 3.05) is 17.1 Å². The van der Waals surface area contributed by atoms with Crippen molar-refractivity contribution in [3.63, 3.8) is 0 Å². The van der Waals surface area contributed by atoms with E-state index in [2.05, 4.69) is 20.0 Å². The van der Waals surface area contributed by atoms with Crippen molar-refractivity contribution in [2.24, 2.45) is 0 Å². The van der Waals surface area contributed by atoms with Crippen molar-refractivity contribution in [3.05, 3.63) is 77.3 Å². The minimum absolute atomic E-state index is 0.0286. The molecule has 0 aliphatic rings. The van der Waals surface area contributed by atoms with Gasteiger partial charge in [0.15, 0.2) is 11.6 Å². The number of rotatable bonds is 7. The van der Waals surface area contributed by atoms with Crippen LogP contribution in [0, 0.1) is 0 Å². The summed E-state index contributed by atoms with van der Waals surface area (Å²) in [6, 6.07) is 17.7. The molecule has 0 saturated carbocycles. The van der Waals surface area contributed by atoms with Crippen LogP contribution in [0.2, 0.25) is 5.02 Å². The Balaban J connectivity index is 1.80. The monoisotopic (exact) mass is 468 g/mol. The second-order valence-electron chi connectivity index (χ2n) is 6.68. The van der Waals surface area contributed by atoms with Crippen LogP contribution in [0.15, 0.2) is 71.6 Å². The van der Waals surface area contributed by atoms with Crippen LogP contribution < -0.4 is 14.8 Å². The van der Waals surface area contributed by atoms with E-state index in [0.717, 1.165) is 0 Å². The summed E-state index contributed by atoms with van der Waals surface area (Å²) in [5.41, 5.74) is 1.74. The number of carbonyl (C=O) groups is 1. The van der Waals surface area contributed by atoms with Gasteiger partial charge >= 0.3 is 0 Å². The van der Waals surface area contributed by atoms with Gasteiger partial charge in [-0.25, -0.2) is 18.4 Å². The van der Waals surface area contributed by atoms with E-state index in [0.29, 0.717) is 33.8 Å². The van der Waals surface area contributed by atoms with Gasteiger partial charge in [0.25, 0.3) is 10.0 Å². The first-order valence-electron chi connectivity index (χ1n) is 9.35. The van der Waals surface area contributed by atoms with Crippen LogP contribution >= 0.6 is 11.6 Å². The maximum Gasteiger partial charge on any atom is 0.263 e. The maximum atomic E-state index is 13.0. The molecular weight excluding hydrogens is 452 g/mol. The molecule has 1 aromatic heterocycles. The Hall–Kier alpha value is -3.69. The van der Waals surface area contributed by atoms with Crippen LogP contribution in [0.5, 0.6) is 5.75 Å². The van der Waals surface area contributed by atoms with Crippen LogP contribution in [0.4, 0.5) is 17.3 Å². The number of ether oxygens (including phenoxy) is 1. The summed E-state index contributed by atoms with van der Waals surface area (Å²) >= 11 is 6.30. The molecule has 1 heterocycles. The number of hydrogen-bond donors (Lipinski definition) is 2. The van der Waals surface area contributed by atoms with E-state index in [1.807, 2.05) is 0 Å². The Morgan fingerprint density at radius 3 is 2.34 bits per heavy atom. The Kier molecular flexibility index (Phi) is 5.93. The van der Waals surface area contributed by atoms with Crippen molar-refractivity contribution >= 4 is 56.3 Å². The number of sulfonamides is 1. The zero-order valence-corrected chi connectivity index (χ0v) is 18.3. The van der Waals surface area contributed by atoms with E-state index in [1.54, 1.807) is 42.5 Å². The summed E-state index contributed by atoms with van der Waals surface area (Å²) in [7, 11) is -2.54. The molecule has 0 atom stereocenters. The molecule has 162 valence electrons. The molecule has 4 rings (SSSR count). The van der Waals surface area contributed by atoms with E-state index in [1.165, 1.54) is 31.4 Å². The zero-order chi connectivity index (χ0) is 22.7. The Morgan fingerprint density at radius 2 is 1.66 bits per heavy atom. The van der Waals surface area contributed by atoms with Crippen molar-refractivity contribution in [1.29, 1.82) is 0 Å². The van der Waals surface area contributed by atoms with Crippen molar-refractivity contribution in [1.82, 2.24) is 9.97 Å². The van der Waals surface area contributed by atoms with Crippen molar-refractivity contribution in [3.8, 4) is 5.75 Å². The lowest BCUT2D eigenvalue weighted by atomic mass is 10.2. The van der Waals surface area contributed by atoms with E-state index >= 15 is 0 Å². The SMILES string of the molecule is COc1ccc(Cl)c(Nc2nc3ccccc3nc2NS(=O)(=O)c2cccc(C=O)c2)c1. The third-order valence-electron chi connectivity index (χ3n) is 4.53. The van der Waals surface area contributed by atoms with Gasteiger partial charge in [-0.2, -0.15) is 0 Å². The average Bonchev–Trinajstić information content (AvgIpc) is 2.80. The van der Waals surface area contributed by atoms with Crippen LogP contribution in [-0.4, -0.2) is 31.8 Å². The van der Waals surface area contributed by atoms with E-state index in [9.17, 15) is 13.2 Å². The molecule has 2 N–H and O–H groups in total. The smallest absolute Gasteiger partial charge is 0.263 e. The van der Waals surface area contributed by atoms with Gasteiger partial charge in [-0.1, -0.05) is 35.9 Å². The number of fused-ring (bicyclic) bond motifs is 1. The topological polar surface area (TPSA) is 110 Å². The van der Waals surface area contributed by atoms with Crippen LogP contribution in [0.25, 0.3) is 11.0 Å². The molecule has 0 fully saturated rings. The number of nitrogens with one attached hydrogen (secondary N) is 2. The Labute approximate surface area is 189 Å². The first kappa shape index (κ1) is 21.5. The molecule has 0 aliphatic carbocycles. The van der Waals surface area contributed by atoms with Gasteiger partial charge < -0.3 is 10.1 Å². The standard InChI is InChI=1S/C22H17ClN4O4S/c1-31-15-9-10-17(23)20(12-15)26-21-22(25-19-8-3-2-7-18(19)24-21)27-32(29,30)16-6-4-5-14(11-16)13-28/h2-13H,1H3,(H,24,26)(H,25,27). The average molecular weight is 469 g/mol. The Morgan fingerprint density at radius 1 is 0.938 bits per heavy atom. The second-order valence-corrected chi connectivity index (χ2v) is 8.77. The summed E-state index contributed by atoms with van der Waals surface area (Å²) in [5.74, 6) is 0.673. The largest absolute Gasteiger partial charge is 0.497 e. The molecular formula is C22H17ClN4O4S. The molecule has 0 spiro atoms. The van der Waals surface area contributed by atoms with Crippen molar-refractivity contribution in [2.45, 2.75) is 4.90 Å². The Bertz CT molecular complexity index is 1430. The summed E-state index contributed by atoms with van der Waals surface area (Å²) in [5, 5.41) is 3.42. The molecule has 32 heavy (non-hydrogen) atoms. The lowest BCUT2D eigenvalue weighted by Crippen LogP contribution is -2.16. The van der Waals surface area contributed by atoms with Crippen LogP contribution in [0.3, 0.4) is 0 Å². The minimum atomic E-state index is -4.06. The number of anilines is 3. The normalized spacial score (nSPS) is 11.2. The number of benzene rings is 3. The minimum Gasteiger partial charge on any atom is -0.497 e. The molecule has 3 aromatic carbocycles. The number of nitrogens with zero attached hydrogens (tertiary/aromatic N) is 2. The summed E-state index contributed by atoms with van der Waals surface area (Å²) in [6.45, 7) is 0. The quantitative estimate of drug-likeness (QED) is 0.380. The summed E-state index contributed by atoms with van der Waals surface area (Å²) in [4.78, 5) is 19.9. The molecule has 4 aromatic rings. The van der Waals surface area contributed by atoms with E-state index in [4.69, 9.17) is 16.3 Å². The van der Waals surface area contributed by atoms with Gasteiger partial charge in [0.1, 0.15) is 12.0 Å². The van der Waals surface area contributed by atoms with E-state index < -0.39 is 10.0 Å². The highest BCUT2D eigenvalue weighted by Crippen LogP contribution is 2.32. The number of carbonyl (C=O) groups excluding carboxylic acids is 1. The highest BCUT2D eigenvalue weighted by atomic mass is 35.5. The number of methoxy groups -OCH3 is 1. The molecule has 0 unspecified atom stereocenters. The number of para-hydroxylation sites is 2. The second kappa shape index (κ2) is 8.81. The van der Waals surface area contributed by atoms with Gasteiger partial charge in [0, 0.05) is 11.6 Å². The zero-order valence-electron chi connectivity index (χ0n) is 16.7. The molecule has 0 aliphatic heterocycles. The first-order chi connectivity index (χ1) is 15.4.